The minimum Gasteiger partial charge on any atom is -0.382 e. The minimum atomic E-state index is 0.0986. The summed E-state index contributed by atoms with van der Waals surface area (Å²) in [5.74, 6) is 0.0986. The van der Waals surface area contributed by atoms with E-state index in [1.807, 2.05) is 24.3 Å². The minimum absolute atomic E-state index is 0.0986. The second-order valence-corrected chi connectivity index (χ2v) is 4.74. The van der Waals surface area contributed by atoms with Crippen LogP contribution in [0.25, 0.3) is 0 Å². The van der Waals surface area contributed by atoms with E-state index in [0.717, 1.165) is 24.5 Å². The first kappa shape index (κ1) is 14.2. The highest BCUT2D eigenvalue weighted by atomic mass is 16.2. The number of nitrogens with zero attached hydrogens (tertiary/aromatic N) is 2. The Bertz CT molecular complexity index is 488. The summed E-state index contributed by atoms with van der Waals surface area (Å²) in [5, 5.41) is 3.35. The largest absolute Gasteiger partial charge is 0.382 e. The Morgan fingerprint density at radius 3 is 2.70 bits per heavy atom. The van der Waals surface area contributed by atoms with Crippen molar-refractivity contribution in [1.82, 2.24) is 4.90 Å². The number of fused-ring (bicyclic) bond motifs is 1. The fraction of sp³-hybridized carbons (Fsp3) is 0.312. The summed E-state index contributed by atoms with van der Waals surface area (Å²) in [7, 11) is 0. The summed E-state index contributed by atoms with van der Waals surface area (Å²) in [5.41, 5.74) is 2.18. The molecule has 106 valence electrons. The number of amides is 1. The zero-order chi connectivity index (χ0) is 14.4. The average Bonchev–Trinajstić information content (AvgIpc) is 2.47. The molecule has 4 nitrogen and oxygen atoms in total. The van der Waals surface area contributed by atoms with Gasteiger partial charge in [0.05, 0.1) is 17.9 Å². The normalized spacial score (nSPS) is 13.1. The molecule has 1 aromatic rings. The molecule has 0 bridgehead atoms. The lowest BCUT2D eigenvalue weighted by Gasteiger charge is -2.33. The van der Waals surface area contributed by atoms with Gasteiger partial charge in [0.15, 0.2) is 0 Å². The smallest absolute Gasteiger partial charge is 0.242 e. The first-order valence-corrected chi connectivity index (χ1v) is 6.83. The van der Waals surface area contributed by atoms with Gasteiger partial charge < -0.3 is 15.1 Å². The summed E-state index contributed by atoms with van der Waals surface area (Å²) >= 11 is 0. The van der Waals surface area contributed by atoms with Crippen molar-refractivity contribution in [3.05, 3.63) is 49.6 Å². The lowest BCUT2D eigenvalue weighted by Crippen LogP contribution is -2.43. The molecule has 0 saturated carbocycles. The molecule has 4 heteroatoms. The molecule has 1 aliphatic heterocycles. The molecular weight excluding hydrogens is 250 g/mol. The SMILES string of the molecule is C=CCN(CC=C)C(=O)CN1CCNc2ccccc21. The van der Waals surface area contributed by atoms with Crippen LogP contribution in [0.4, 0.5) is 11.4 Å². The van der Waals surface area contributed by atoms with Gasteiger partial charge in [0.25, 0.3) is 0 Å². The summed E-state index contributed by atoms with van der Waals surface area (Å²) in [4.78, 5) is 16.2. The highest BCUT2D eigenvalue weighted by Crippen LogP contribution is 2.28. The monoisotopic (exact) mass is 271 g/mol. The van der Waals surface area contributed by atoms with Crippen molar-refractivity contribution in [3.63, 3.8) is 0 Å². The number of hydrogen-bond acceptors (Lipinski definition) is 3. The van der Waals surface area contributed by atoms with Crippen LogP contribution < -0.4 is 10.2 Å². The number of rotatable bonds is 6. The van der Waals surface area contributed by atoms with Crippen LogP contribution in [0.3, 0.4) is 0 Å². The van der Waals surface area contributed by atoms with Gasteiger partial charge in [-0.3, -0.25) is 4.79 Å². The van der Waals surface area contributed by atoms with Crippen molar-refractivity contribution in [3.8, 4) is 0 Å². The van der Waals surface area contributed by atoms with Crippen molar-refractivity contribution < 1.29 is 4.79 Å². The maximum absolute atomic E-state index is 12.4. The molecule has 0 unspecified atom stereocenters. The number of para-hydroxylation sites is 2. The molecule has 0 aliphatic carbocycles. The molecule has 20 heavy (non-hydrogen) atoms. The van der Waals surface area contributed by atoms with Gasteiger partial charge in [-0.2, -0.15) is 0 Å². The van der Waals surface area contributed by atoms with E-state index >= 15 is 0 Å². The van der Waals surface area contributed by atoms with Gasteiger partial charge in [0, 0.05) is 26.2 Å². The molecule has 0 spiro atoms. The topological polar surface area (TPSA) is 35.6 Å². The van der Waals surface area contributed by atoms with E-state index in [1.165, 1.54) is 0 Å². The number of benzene rings is 1. The van der Waals surface area contributed by atoms with E-state index in [2.05, 4.69) is 23.4 Å². The predicted octanol–water partition coefficient (Wildman–Crippen LogP) is 2.12. The van der Waals surface area contributed by atoms with Crippen LogP contribution in [0.15, 0.2) is 49.6 Å². The van der Waals surface area contributed by atoms with Gasteiger partial charge >= 0.3 is 0 Å². The number of nitrogens with one attached hydrogen (secondary N) is 1. The Balaban J connectivity index is 2.08. The van der Waals surface area contributed by atoms with E-state index in [4.69, 9.17) is 0 Å². The lowest BCUT2D eigenvalue weighted by atomic mass is 10.2. The molecule has 0 saturated heterocycles. The molecule has 1 N–H and O–H groups in total. The van der Waals surface area contributed by atoms with Gasteiger partial charge in [-0.15, -0.1) is 13.2 Å². The third-order valence-corrected chi connectivity index (χ3v) is 3.32. The Labute approximate surface area is 120 Å². The van der Waals surface area contributed by atoms with Gasteiger partial charge in [-0.05, 0) is 12.1 Å². The third-order valence-electron chi connectivity index (χ3n) is 3.32. The number of carbonyl (C=O) groups excluding carboxylic acids is 1. The summed E-state index contributed by atoms with van der Waals surface area (Å²) < 4.78 is 0. The van der Waals surface area contributed by atoms with Crippen LogP contribution in [0.5, 0.6) is 0 Å². The van der Waals surface area contributed by atoms with Crippen molar-refractivity contribution >= 4 is 17.3 Å². The van der Waals surface area contributed by atoms with Crippen molar-refractivity contribution in [2.24, 2.45) is 0 Å². The number of carbonyl (C=O) groups is 1. The molecule has 1 aliphatic rings. The molecule has 0 fully saturated rings. The van der Waals surface area contributed by atoms with Crippen LogP contribution in [0.1, 0.15) is 0 Å². The molecule has 0 atom stereocenters. The Hall–Kier alpha value is -2.23. The van der Waals surface area contributed by atoms with Crippen LogP contribution in [-0.2, 0) is 4.79 Å². The zero-order valence-corrected chi connectivity index (χ0v) is 11.7. The molecular formula is C16H21N3O. The highest BCUT2D eigenvalue weighted by Gasteiger charge is 2.20. The van der Waals surface area contributed by atoms with E-state index in [-0.39, 0.29) is 5.91 Å². The maximum atomic E-state index is 12.4. The summed E-state index contributed by atoms with van der Waals surface area (Å²) in [6.45, 7) is 10.6. The van der Waals surface area contributed by atoms with Gasteiger partial charge in [-0.25, -0.2) is 0 Å². The highest BCUT2D eigenvalue weighted by molar-refractivity contribution is 5.84. The van der Waals surface area contributed by atoms with Crippen LogP contribution in [0.2, 0.25) is 0 Å². The zero-order valence-electron chi connectivity index (χ0n) is 11.7. The standard InChI is InChI=1S/C16H21N3O/c1-3-10-18(11-4-2)16(20)13-19-12-9-17-14-7-5-6-8-15(14)19/h3-8,17H,1-2,9-13H2. The third kappa shape index (κ3) is 3.20. The number of anilines is 2. The molecule has 1 amide bonds. The van der Waals surface area contributed by atoms with E-state index in [0.29, 0.717) is 19.6 Å². The molecule has 0 radical (unpaired) electrons. The fourth-order valence-corrected chi connectivity index (χ4v) is 2.36. The average molecular weight is 271 g/mol. The van der Waals surface area contributed by atoms with E-state index in [9.17, 15) is 4.79 Å². The molecule has 0 aromatic heterocycles. The lowest BCUT2D eigenvalue weighted by molar-refractivity contribution is -0.128. The summed E-state index contributed by atoms with van der Waals surface area (Å²) in [6.07, 6.45) is 3.49. The number of hydrogen-bond donors (Lipinski definition) is 1. The fourth-order valence-electron chi connectivity index (χ4n) is 2.36. The molecule has 2 rings (SSSR count). The van der Waals surface area contributed by atoms with Crippen LogP contribution >= 0.6 is 0 Å². The van der Waals surface area contributed by atoms with Gasteiger partial charge in [0.2, 0.25) is 5.91 Å². The Morgan fingerprint density at radius 2 is 2.00 bits per heavy atom. The second-order valence-electron chi connectivity index (χ2n) is 4.74. The quantitative estimate of drug-likeness (QED) is 0.805. The maximum Gasteiger partial charge on any atom is 0.242 e. The predicted molar refractivity (Wildman–Crippen MR) is 84.1 cm³/mol. The Morgan fingerprint density at radius 1 is 1.30 bits per heavy atom. The molecule has 1 aromatic carbocycles. The second kappa shape index (κ2) is 6.80. The molecule has 1 heterocycles. The van der Waals surface area contributed by atoms with E-state index < -0.39 is 0 Å². The van der Waals surface area contributed by atoms with Crippen molar-refractivity contribution in [2.45, 2.75) is 0 Å². The first-order chi connectivity index (χ1) is 9.76. The van der Waals surface area contributed by atoms with Crippen LogP contribution in [-0.4, -0.2) is 43.5 Å². The first-order valence-electron chi connectivity index (χ1n) is 6.83. The van der Waals surface area contributed by atoms with Crippen LogP contribution in [0, 0.1) is 0 Å². The van der Waals surface area contributed by atoms with Crippen molar-refractivity contribution in [1.29, 1.82) is 0 Å². The van der Waals surface area contributed by atoms with Crippen molar-refractivity contribution in [2.75, 3.05) is 42.9 Å². The van der Waals surface area contributed by atoms with Gasteiger partial charge in [0.1, 0.15) is 0 Å². The van der Waals surface area contributed by atoms with E-state index in [1.54, 1.807) is 17.1 Å². The van der Waals surface area contributed by atoms with Gasteiger partial charge in [-0.1, -0.05) is 24.3 Å². The summed E-state index contributed by atoms with van der Waals surface area (Å²) in [6, 6.07) is 8.07. The Kier molecular flexibility index (Phi) is 4.82.